The second-order valence-electron chi connectivity index (χ2n) is 5.06. The SMILES string of the molecule is CN(C)C(=O)C1CNCCN1c1nc2ccccn2n1. The van der Waals surface area contributed by atoms with Crippen LogP contribution in [0.25, 0.3) is 5.65 Å². The standard InChI is InChI=1S/C13H18N6O/c1-17(2)12(20)10-9-14-6-8-18(10)13-15-11-5-3-4-7-19(11)16-13/h3-5,7,10,14H,6,8-9H2,1-2H3. The first-order valence-corrected chi connectivity index (χ1v) is 6.67. The highest BCUT2D eigenvalue weighted by Crippen LogP contribution is 2.16. The largest absolute Gasteiger partial charge is 0.347 e. The van der Waals surface area contributed by atoms with Crippen LogP contribution in [-0.4, -0.2) is 65.2 Å². The molecule has 0 radical (unpaired) electrons. The van der Waals surface area contributed by atoms with Gasteiger partial charge in [-0.2, -0.15) is 4.98 Å². The van der Waals surface area contributed by atoms with Gasteiger partial charge in [0.2, 0.25) is 11.9 Å². The lowest BCUT2D eigenvalue weighted by atomic mass is 10.2. The van der Waals surface area contributed by atoms with Crippen molar-refractivity contribution >= 4 is 17.5 Å². The van der Waals surface area contributed by atoms with E-state index in [1.54, 1.807) is 23.5 Å². The Kier molecular flexibility index (Phi) is 3.27. The topological polar surface area (TPSA) is 65.8 Å². The van der Waals surface area contributed by atoms with Crippen LogP contribution in [0.3, 0.4) is 0 Å². The number of rotatable bonds is 2. The highest BCUT2D eigenvalue weighted by Gasteiger charge is 2.32. The van der Waals surface area contributed by atoms with Gasteiger partial charge >= 0.3 is 0 Å². The summed E-state index contributed by atoms with van der Waals surface area (Å²) < 4.78 is 1.73. The normalized spacial score (nSPS) is 19.3. The number of carbonyl (C=O) groups is 1. The number of hydrogen-bond donors (Lipinski definition) is 1. The van der Waals surface area contributed by atoms with Crippen molar-refractivity contribution in [1.82, 2.24) is 24.8 Å². The van der Waals surface area contributed by atoms with Crippen molar-refractivity contribution in [2.24, 2.45) is 0 Å². The molecular weight excluding hydrogens is 256 g/mol. The summed E-state index contributed by atoms with van der Waals surface area (Å²) in [5.74, 6) is 0.675. The predicted molar refractivity (Wildman–Crippen MR) is 75.7 cm³/mol. The molecule has 1 unspecified atom stereocenters. The van der Waals surface area contributed by atoms with Gasteiger partial charge in [-0.15, -0.1) is 5.10 Å². The van der Waals surface area contributed by atoms with Gasteiger partial charge in [-0.1, -0.05) is 6.07 Å². The molecule has 0 saturated carbocycles. The molecule has 1 fully saturated rings. The predicted octanol–water partition coefficient (Wildman–Crippen LogP) is -0.404. The highest BCUT2D eigenvalue weighted by molar-refractivity contribution is 5.85. The van der Waals surface area contributed by atoms with Crippen molar-refractivity contribution in [3.05, 3.63) is 24.4 Å². The summed E-state index contributed by atoms with van der Waals surface area (Å²) in [6.07, 6.45) is 1.86. The molecule has 3 rings (SSSR count). The maximum Gasteiger partial charge on any atom is 0.246 e. The minimum atomic E-state index is -0.254. The smallest absolute Gasteiger partial charge is 0.246 e. The Labute approximate surface area is 117 Å². The fourth-order valence-corrected chi connectivity index (χ4v) is 2.40. The molecule has 2 aromatic rings. The van der Waals surface area contributed by atoms with Crippen LogP contribution in [0.15, 0.2) is 24.4 Å². The lowest BCUT2D eigenvalue weighted by molar-refractivity contribution is -0.130. The van der Waals surface area contributed by atoms with Crippen molar-refractivity contribution in [2.45, 2.75) is 6.04 Å². The number of amides is 1. The number of anilines is 1. The Bertz CT molecular complexity index is 589. The third kappa shape index (κ3) is 2.20. The van der Waals surface area contributed by atoms with E-state index in [9.17, 15) is 4.79 Å². The van der Waals surface area contributed by atoms with Crippen LogP contribution in [0, 0.1) is 0 Å². The quantitative estimate of drug-likeness (QED) is 0.807. The van der Waals surface area contributed by atoms with E-state index in [0.717, 1.165) is 18.7 Å². The van der Waals surface area contributed by atoms with Crippen LogP contribution < -0.4 is 10.2 Å². The van der Waals surface area contributed by atoms with E-state index in [2.05, 4.69) is 15.4 Å². The van der Waals surface area contributed by atoms with Crippen molar-refractivity contribution in [2.75, 3.05) is 38.6 Å². The molecule has 1 aliphatic heterocycles. The number of nitrogens with one attached hydrogen (secondary N) is 1. The number of hydrogen-bond acceptors (Lipinski definition) is 5. The number of likely N-dealkylation sites (N-methyl/N-ethyl adjacent to an activating group) is 1. The molecule has 1 atom stereocenters. The van der Waals surface area contributed by atoms with Gasteiger partial charge in [-0.3, -0.25) is 4.79 Å². The minimum Gasteiger partial charge on any atom is -0.347 e. The zero-order valence-corrected chi connectivity index (χ0v) is 11.7. The second-order valence-corrected chi connectivity index (χ2v) is 5.06. The van der Waals surface area contributed by atoms with Crippen LogP contribution in [0.4, 0.5) is 5.95 Å². The van der Waals surface area contributed by atoms with E-state index >= 15 is 0 Å². The van der Waals surface area contributed by atoms with E-state index in [1.165, 1.54) is 0 Å². The van der Waals surface area contributed by atoms with Gasteiger partial charge in [0.1, 0.15) is 6.04 Å². The molecule has 1 aliphatic rings. The zero-order valence-electron chi connectivity index (χ0n) is 11.7. The Morgan fingerprint density at radius 3 is 3.05 bits per heavy atom. The molecule has 1 amide bonds. The van der Waals surface area contributed by atoms with Gasteiger partial charge in [0.25, 0.3) is 0 Å². The van der Waals surface area contributed by atoms with Crippen LogP contribution in [0.5, 0.6) is 0 Å². The molecular formula is C13H18N6O. The molecule has 0 aliphatic carbocycles. The fraction of sp³-hybridized carbons (Fsp3) is 0.462. The van der Waals surface area contributed by atoms with Crippen LogP contribution in [0.2, 0.25) is 0 Å². The molecule has 0 spiro atoms. The molecule has 20 heavy (non-hydrogen) atoms. The first kappa shape index (κ1) is 12.9. The third-order valence-electron chi connectivity index (χ3n) is 3.46. The van der Waals surface area contributed by atoms with Gasteiger partial charge in [-0.25, -0.2) is 4.52 Å². The first-order valence-electron chi connectivity index (χ1n) is 6.67. The number of fused-ring (bicyclic) bond motifs is 1. The summed E-state index contributed by atoms with van der Waals surface area (Å²) in [6, 6.07) is 5.48. The van der Waals surface area contributed by atoms with E-state index in [1.807, 2.05) is 29.3 Å². The summed E-state index contributed by atoms with van der Waals surface area (Å²) in [5, 5.41) is 7.71. The molecule has 106 valence electrons. The van der Waals surface area contributed by atoms with E-state index in [4.69, 9.17) is 0 Å². The summed E-state index contributed by atoms with van der Waals surface area (Å²) in [5.41, 5.74) is 0.789. The summed E-state index contributed by atoms with van der Waals surface area (Å²) in [6.45, 7) is 2.17. The molecule has 0 bridgehead atoms. The molecule has 7 heteroatoms. The summed E-state index contributed by atoms with van der Waals surface area (Å²) >= 11 is 0. The Morgan fingerprint density at radius 1 is 1.45 bits per heavy atom. The van der Waals surface area contributed by atoms with Crippen LogP contribution >= 0.6 is 0 Å². The summed E-state index contributed by atoms with van der Waals surface area (Å²) in [4.78, 5) is 20.4. The number of aromatic nitrogens is 3. The van der Waals surface area contributed by atoms with E-state index < -0.39 is 0 Å². The van der Waals surface area contributed by atoms with Gasteiger partial charge in [0.05, 0.1) is 0 Å². The number of pyridine rings is 1. The lowest BCUT2D eigenvalue weighted by Crippen LogP contribution is -2.58. The number of nitrogens with zero attached hydrogens (tertiary/aromatic N) is 5. The van der Waals surface area contributed by atoms with Crippen LogP contribution in [0.1, 0.15) is 0 Å². The van der Waals surface area contributed by atoms with Gasteiger partial charge in [-0.05, 0) is 12.1 Å². The first-order chi connectivity index (χ1) is 9.66. The third-order valence-corrected chi connectivity index (χ3v) is 3.46. The van der Waals surface area contributed by atoms with E-state index in [-0.39, 0.29) is 11.9 Å². The van der Waals surface area contributed by atoms with Crippen molar-refractivity contribution in [1.29, 1.82) is 0 Å². The monoisotopic (exact) mass is 274 g/mol. The number of piperazine rings is 1. The fourth-order valence-electron chi connectivity index (χ4n) is 2.40. The number of carbonyl (C=O) groups excluding carboxylic acids is 1. The summed E-state index contributed by atoms with van der Waals surface area (Å²) in [7, 11) is 3.54. The Hall–Kier alpha value is -2.15. The Balaban J connectivity index is 1.94. The van der Waals surface area contributed by atoms with Crippen molar-refractivity contribution < 1.29 is 4.79 Å². The van der Waals surface area contributed by atoms with Gasteiger partial charge in [0.15, 0.2) is 5.65 Å². The molecule has 2 aromatic heterocycles. The van der Waals surface area contributed by atoms with E-state index in [0.29, 0.717) is 12.5 Å². The maximum absolute atomic E-state index is 12.3. The van der Waals surface area contributed by atoms with Gasteiger partial charge in [0, 0.05) is 39.9 Å². The molecule has 0 aromatic carbocycles. The maximum atomic E-state index is 12.3. The molecule has 1 N–H and O–H groups in total. The molecule has 1 saturated heterocycles. The average molecular weight is 274 g/mol. The van der Waals surface area contributed by atoms with Gasteiger partial charge < -0.3 is 15.1 Å². The Morgan fingerprint density at radius 2 is 2.30 bits per heavy atom. The second kappa shape index (κ2) is 5.09. The van der Waals surface area contributed by atoms with Crippen molar-refractivity contribution in [3.8, 4) is 0 Å². The molecule has 7 nitrogen and oxygen atoms in total. The average Bonchev–Trinajstić information content (AvgIpc) is 2.90. The lowest BCUT2D eigenvalue weighted by Gasteiger charge is -2.35. The highest BCUT2D eigenvalue weighted by atomic mass is 16.2. The van der Waals surface area contributed by atoms with Crippen molar-refractivity contribution in [3.63, 3.8) is 0 Å². The molecule has 3 heterocycles. The minimum absolute atomic E-state index is 0.0658. The zero-order chi connectivity index (χ0) is 14.1. The van der Waals surface area contributed by atoms with Crippen LogP contribution in [-0.2, 0) is 4.79 Å².